The lowest BCUT2D eigenvalue weighted by Crippen LogP contribution is -2.23. The number of methoxy groups -OCH3 is 1. The fourth-order valence-corrected chi connectivity index (χ4v) is 2.62. The zero-order valence-corrected chi connectivity index (χ0v) is 12.9. The van der Waals surface area contributed by atoms with Crippen molar-refractivity contribution in [3.05, 3.63) is 54.1 Å². The van der Waals surface area contributed by atoms with Crippen LogP contribution in [0.3, 0.4) is 0 Å². The third-order valence-corrected chi connectivity index (χ3v) is 4.06. The van der Waals surface area contributed by atoms with Gasteiger partial charge in [-0.3, -0.25) is 4.79 Å². The summed E-state index contributed by atoms with van der Waals surface area (Å²) in [4.78, 5) is 12.9. The van der Waals surface area contributed by atoms with E-state index in [4.69, 9.17) is 4.74 Å². The van der Waals surface area contributed by atoms with Crippen molar-refractivity contribution in [1.82, 2.24) is 0 Å². The third kappa shape index (κ3) is 3.98. The number of hydrogen-bond acceptors (Lipinski definition) is 3. The molecule has 116 valence electrons. The molecule has 22 heavy (non-hydrogen) atoms. The van der Waals surface area contributed by atoms with Gasteiger partial charge in [-0.2, -0.15) is 0 Å². The van der Waals surface area contributed by atoms with Crippen molar-refractivity contribution in [2.45, 2.75) is 17.1 Å². The van der Waals surface area contributed by atoms with Crippen LogP contribution in [0.15, 0.2) is 47.4 Å². The average molecular weight is 323 g/mol. The Morgan fingerprint density at radius 2 is 1.73 bits per heavy atom. The molecule has 0 saturated carbocycles. The molecule has 1 atom stereocenters. The minimum absolute atomic E-state index is 0.422. The van der Waals surface area contributed by atoms with E-state index >= 15 is 0 Å². The maximum absolute atomic E-state index is 13.5. The number of halogens is 2. The molecule has 0 aliphatic heterocycles. The number of carbonyl (C=O) groups excluding carboxylic acids is 1. The largest absolute Gasteiger partial charge is 0.497 e. The lowest BCUT2D eigenvalue weighted by molar-refractivity contribution is -0.115. The Balaban J connectivity index is 2.02. The third-order valence-electron chi connectivity index (χ3n) is 2.95. The molecule has 0 bridgehead atoms. The van der Waals surface area contributed by atoms with Crippen LogP contribution < -0.4 is 10.1 Å². The first-order valence-corrected chi connectivity index (χ1v) is 7.45. The fourth-order valence-electron chi connectivity index (χ4n) is 1.75. The summed E-state index contributed by atoms with van der Waals surface area (Å²) in [6.45, 7) is 1.67. The van der Waals surface area contributed by atoms with E-state index in [0.29, 0.717) is 0 Å². The van der Waals surface area contributed by atoms with E-state index in [-0.39, 0.29) is 0 Å². The van der Waals surface area contributed by atoms with Crippen molar-refractivity contribution >= 4 is 23.4 Å². The highest BCUT2D eigenvalue weighted by atomic mass is 32.2. The van der Waals surface area contributed by atoms with E-state index in [2.05, 4.69) is 5.32 Å². The van der Waals surface area contributed by atoms with Gasteiger partial charge in [-0.1, -0.05) is 6.07 Å². The van der Waals surface area contributed by atoms with Crippen LogP contribution in [-0.2, 0) is 4.79 Å². The Morgan fingerprint density at radius 3 is 2.27 bits per heavy atom. The smallest absolute Gasteiger partial charge is 0.237 e. The molecule has 0 heterocycles. The Morgan fingerprint density at radius 1 is 1.14 bits per heavy atom. The summed E-state index contributed by atoms with van der Waals surface area (Å²) in [5, 5.41) is 1.78. The van der Waals surface area contributed by atoms with E-state index in [1.807, 2.05) is 12.1 Å². The molecular formula is C16H15F2NO2S. The predicted octanol–water partition coefficient (Wildman–Crippen LogP) is 4.09. The quantitative estimate of drug-likeness (QED) is 0.842. The molecule has 0 fully saturated rings. The summed E-state index contributed by atoms with van der Waals surface area (Å²) in [5.41, 5.74) is -0.422. The number of nitrogens with one attached hydrogen (secondary N) is 1. The van der Waals surface area contributed by atoms with Gasteiger partial charge in [-0.15, -0.1) is 11.8 Å². The summed E-state index contributed by atoms with van der Waals surface area (Å²) in [5.74, 6) is -1.34. The van der Waals surface area contributed by atoms with Crippen molar-refractivity contribution in [2.24, 2.45) is 0 Å². The van der Waals surface area contributed by atoms with E-state index in [0.717, 1.165) is 22.8 Å². The molecule has 2 rings (SSSR count). The number of para-hydroxylation sites is 1. The maximum atomic E-state index is 13.5. The lowest BCUT2D eigenvalue weighted by Gasteiger charge is -2.13. The van der Waals surface area contributed by atoms with Gasteiger partial charge >= 0.3 is 0 Å². The summed E-state index contributed by atoms with van der Waals surface area (Å²) in [6, 6.07) is 10.6. The van der Waals surface area contributed by atoms with Crippen LogP contribution in [0.2, 0.25) is 0 Å². The van der Waals surface area contributed by atoms with Crippen molar-refractivity contribution in [3.8, 4) is 5.75 Å². The van der Waals surface area contributed by atoms with E-state index in [1.54, 1.807) is 26.2 Å². The van der Waals surface area contributed by atoms with Gasteiger partial charge in [0, 0.05) is 4.90 Å². The van der Waals surface area contributed by atoms with Gasteiger partial charge in [0.1, 0.15) is 23.1 Å². The second-order valence-electron chi connectivity index (χ2n) is 4.52. The van der Waals surface area contributed by atoms with E-state index in [1.165, 1.54) is 17.8 Å². The van der Waals surface area contributed by atoms with E-state index in [9.17, 15) is 13.6 Å². The standard InChI is InChI=1S/C16H15F2NO2S/c1-10(22-12-8-6-11(21-2)7-9-12)16(20)19-15-13(17)4-3-5-14(15)18/h3-10H,1-2H3,(H,19,20). The number of ether oxygens (including phenoxy) is 1. The molecule has 1 amide bonds. The number of benzene rings is 2. The normalized spacial score (nSPS) is 11.8. The Hall–Kier alpha value is -2.08. The van der Waals surface area contributed by atoms with Crippen molar-refractivity contribution < 1.29 is 18.3 Å². The Kier molecular flexibility index (Phi) is 5.38. The molecule has 6 heteroatoms. The van der Waals surface area contributed by atoms with Crippen LogP contribution in [0.4, 0.5) is 14.5 Å². The molecule has 0 aliphatic carbocycles. The molecule has 1 N–H and O–H groups in total. The van der Waals surface area contributed by atoms with Crippen LogP contribution in [0.1, 0.15) is 6.92 Å². The second-order valence-corrected chi connectivity index (χ2v) is 5.94. The highest BCUT2D eigenvalue weighted by molar-refractivity contribution is 8.00. The summed E-state index contributed by atoms with van der Waals surface area (Å²) in [6.07, 6.45) is 0. The molecule has 1 unspecified atom stereocenters. The van der Waals surface area contributed by atoms with Crippen molar-refractivity contribution in [3.63, 3.8) is 0 Å². The first-order valence-electron chi connectivity index (χ1n) is 6.57. The molecule has 0 aromatic heterocycles. The summed E-state index contributed by atoms with van der Waals surface area (Å²) >= 11 is 1.29. The maximum Gasteiger partial charge on any atom is 0.237 e. The van der Waals surface area contributed by atoms with Gasteiger partial charge in [0.15, 0.2) is 0 Å². The Bertz CT molecular complexity index is 641. The van der Waals surface area contributed by atoms with Gasteiger partial charge in [0.05, 0.1) is 12.4 Å². The zero-order valence-electron chi connectivity index (χ0n) is 12.1. The number of anilines is 1. The minimum atomic E-state index is -0.796. The number of amides is 1. The average Bonchev–Trinajstić information content (AvgIpc) is 2.51. The molecule has 0 saturated heterocycles. The van der Waals surface area contributed by atoms with Crippen molar-refractivity contribution in [2.75, 3.05) is 12.4 Å². The number of thioether (sulfide) groups is 1. The van der Waals surface area contributed by atoms with Gasteiger partial charge in [0.25, 0.3) is 0 Å². The second kappa shape index (κ2) is 7.26. The fraction of sp³-hybridized carbons (Fsp3) is 0.188. The van der Waals surface area contributed by atoms with Crippen LogP contribution in [0, 0.1) is 11.6 Å². The molecule has 0 spiro atoms. The van der Waals surface area contributed by atoms with Crippen LogP contribution in [0.25, 0.3) is 0 Å². The number of rotatable bonds is 5. The molecule has 0 radical (unpaired) electrons. The number of hydrogen-bond donors (Lipinski definition) is 1. The highest BCUT2D eigenvalue weighted by Crippen LogP contribution is 2.27. The van der Waals surface area contributed by atoms with Crippen LogP contribution in [0.5, 0.6) is 5.75 Å². The number of carbonyl (C=O) groups is 1. The Labute approximate surface area is 131 Å². The predicted molar refractivity (Wildman–Crippen MR) is 83.3 cm³/mol. The molecule has 0 aliphatic rings. The highest BCUT2D eigenvalue weighted by Gasteiger charge is 2.18. The monoisotopic (exact) mass is 323 g/mol. The molecular weight excluding hydrogens is 308 g/mol. The molecule has 3 nitrogen and oxygen atoms in total. The topological polar surface area (TPSA) is 38.3 Å². The molecule has 2 aromatic carbocycles. The van der Waals surface area contributed by atoms with Gasteiger partial charge in [-0.25, -0.2) is 8.78 Å². The molecule has 2 aromatic rings. The van der Waals surface area contributed by atoms with Gasteiger partial charge in [0.2, 0.25) is 5.91 Å². The lowest BCUT2D eigenvalue weighted by atomic mass is 10.3. The first-order chi connectivity index (χ1) is 10.5. The van der Waals surface area contributed by atoms with E-state index < -0.39 is 28.5 Å². The van der Waals surface area contributed by atoms with Crippen LogP contribution in [-0.4, -0.2) is 18.3 Å². The van der Waals surface area contributed by atoms with Gasteiger partial charge in [-0.05, 0) is 43.3 Å². The van der Waals surface area contributed by atoms with Crippen LogP contribution >= 0.6 is 11.8 Å². The zero-order chi connectivity index (χ0) is 16.1. The first kappa shape index (κ1) is 16.3. The van der Waals surface area contributed by atoms with Gasteiger partial charge < -0.3 is 10.1 Å². The summed E-state index contributed by atoms with van der Waals surface area (Å²) < 4.78 is 32.1. The summed E-state index contributed by atoms with van der Waals surface area (Å²) in [7, 11) is 1.57. The minimum Gasteiger partial charge on any atom is -0.497 e. The van der Waals surface area contributed by atoms with Crippen molar-refractivity contribution in [1.29, 1.82) is 0 Å². The SMILES string of the molecule is COc1ccc(SC(C)C(=O)Nc2c(F)cccc2F)cc1.